The molecule has 3 N–H and O–H groups in total. The van der Waals surface area contributed by atoms with Gasteiger partial charge in [0.2, 0.25) is 0 Å². The van der Waals surface area contributed by atoms with Gasteiger partial charge in [-0.15, -0.1) is 0 Å². The largest absolute Gasteiger partial charge is 0.497 e. The van der Waals surface area contributed by atoms with Gasteiger partial charge in [0.25, 0.3) is 0 Å². The van der Waals surface area contributed by atoms with Crippen LogP contribution in [0.4, 0.5) is 16.2 Å². The predicted molar refractivity (Wildman–Crippen MR) is 208 cm³/mol. The van der Waals surface area contributed by atoms with E-state index in [2.05, 4.69) is 15.6 Å². The highest BCUT2D eigenvalue weighted by Crippen LogP contribution is 2.37. The summed E-state index contributed by atoms with van der Waals surface area (Å²) in [4.78, 5) is 28.6. The standard InChI is InChI=1S/C42H47N3O9/c1-27-19-29(42(2,3)4)23-37(40(27)50-6)45-41(48)44-36-11-12-38(35-10-8-7-9-34(35)36)54-31-13-14-43-30(24-31)20-28-21-32(49-5)25-33(22-28)53-18-17-51-15-16-52-26-39(46)47/h7-14,19,21-25H,15-18,20,26H2,1-6H3,(H,46,47)(H2,44,45,48)/i6D3. The van der Waals surface area contributed by atoms with Gasteiger partial charge in [-0.1, -0.05) is 51.1 Å². The fourth-order valence-electron chi connectivity index (χ4n) is 5.66. The Labute approximate surface area is 319 Å². The lowest BCUT2D eigenvalue weighted by atomic mass is 9.85. The molecule has 0 aliphatic rings. The summed E-state index contributed by atoms with van der Waals surface area (Å²) >= 11 is 0. The van der Waals surface area contributed by atoms with E-state index in [1.807, 2.05) is 69.3 Å². The summed E-state index contributed by atoms with van der Waals surface area (Å²) in [6, 6.07) is 23.2. The van der Waals surface area contributed by atoms with Crippen molar-refractivity contribution in [2.75, 3.05) is 57.8 Å². The van der Waals surface area contributed by atoms with Gasteiger partial charge in [-0.3, -0.25) is 4.98 Å². The summed E-state index contributed by atoms with van der Waals surface area (Å²) in [5.41, 5.74) is 3.61. The van der Waals surface area contributed by atoms with Crippen molar-refractivity contribution in [1.29, 1.82) is 0 Å². The van der Waals surface area contributed by atoms with E-state index in [9.17, 15) is 9.59 Å². The van der Waals surface area contributed by atoms with Gasteiger partial charge >= 0.3 is 12.0 Å². The van der Waals surface area contributed by atoms with Crippen molar-refractivity contribution in [2.45, 2.75) is 39.5 Å². The molecule has 12 nitrogen and oxygen atoms in total. The van der Waals surface area contributed by atoms with Crippen molar-refractivity contribution in [2.24, 2.45) is 0 Å². The second-order valence-corrected chi connectivity index (χ2v) is 13.4. The Kier molecular flexibility index (Phi) is 11.9. The molecular formula is C42H47N3O9. The monoisotopic (exact) mass is 740 g/mol. The minimum atomic E-state index is -2.71. The third-order valence-corrected chi connectivity index (χ3v) is 8.29. The Hall–Kier alpha value is -5.85. The number of aryl methyl sites for hydroxylation is 1. The molecule has 0 spiro atoms. The van der Waals surface area contributed by atoms with E-state index in [0.717, 1.165) is 27.6 Å². The van der Waals surface area contributed by atoms with Crippen molar-refractivity contribution >= 4 is 34.1 Å². The lowest BCUT2D eigenvalue weighted by Crippen LogP contribution is -2.21. The maximum atomic E-state index is 13.5. The van der Waals surface area contributed by atoms with Crippen LogP contribution in [-0.4, -0.2) is 69.3 Å². The van der Waals surface area contributed by atoms with Crippen LogP contribution < -0.4 is 29.6 Å². The molecule has 0 unspecified atom stereocenters. The summed E-state index contributed by atoms with van der Waals surface area (Å²) in [5.74, 6) is 1.37. The lowest BCUT2D eigenvalue weighted by molar-refractivity contribution is -0.142. The highest BCUT2D eigenvalue weighted by Gasteiger charge is 2.20. The van der Waals surface area contributed by atoms with Crippen molar-refractivity contribution < 1.29 is 47.2 Å². The SMILES string of the molecule is [2H]C([2H])([2H])Oc1c(C)cc(C(C)(C)C)cc1NC(=O)Nc1ccc(Oc2ccnc(Cc3cc(OC)cc(OCCOCCOCC(=O)O)c3)c2)c2ccccc12. The summed E-state index contributed by atoms with van der Waals surface area (Å²) < 4.78 is 56.5. The minimum absolute atomic E-state index is 0.0738. The number of carboxylic acid groups (broad SMARTS) is 1. The Balaban J connectivity index is 1.27. The molecular weight excluding hydrogens is 690 g/mol. The molecule has 0 fully saturated rings. The Morgan fingerprint density at radius 2 is 1.56 bits per heavy atom. The number of urea groups is 1. The normalized spacial score (nSPS) is 12.3. The molecule has 0 aliphatic carbocycles. The molecule has 4 aromatic carbocycles. The molecule has 0 saturated carbocycles. The molecule has 0 aliphatic heterocycles. The van der Waals surface area contributed by atoms with E-state index >= 15 is 0 Å². The van der Waals surface area contributed by atoms with E-state index in [-0.39, 0.29) is 43.3 Å². The molecule has 0 saturated heterocycles. The second kappa shape index (κ2) is 18.3. The number of aromatic nitrogens is 1. The number of pyridine rings is 1. The van der Waals surface area contributed by atoms with Crippen molar-refractivity contribution in [3.05, 3.63) is 107 Å². The van der Waals surface area contributed by atoms with Crippen LogP contribution in [0.25, 0.3) is 10.8 Å². The van der Waals surface area contributed by atoms with Crippen LogP contribution in [0.3, 0.4) is 0 Å². The number of hydrogen-bond acceptors (Lipinski definition) is 9. The topological polar surface area (TPSA) is 147 Å². The zero-order valence-corrected chi connectivity index (χ0v) is 31.0. The molecule has 5 aromatic rings. The number of nitrogens with zero attached hydrogens (tertiary/aromatic N) is 1. The van der Waals surface area contributed by atoms with E-state index in [0.29, 0.717) is 47.3 Å². The molecule has 0 radical (unpaired) electrons. The van der Waals surface area contributed by atoms with Gasteiger partial charge in [-0.25, -0.2) is 9.59 Å². The number of benzene rings is 4. The zero-order valence-electron chi connectivity index (χ0n) is 34.0. The number of anilines is 2. The van der Waals surface area contributed by atoms with E-state index in [4.69, 9.17) is 37.6 Å². The Morgan fingerprint density at radius 1 is 0.815 bits per heavy atom. The number of nitrogens with one attached hydrogen (secondary N) is 2. The number of fused-ring (bicyclic) bond motifs is 1. The first-order valence-corrected chi connectivity index (χ1v) is 17.3. The lowest BCUT2D eigenvalue weighted by Gasteiger charge is -2.23. The average molecular weight is 741 g/mol. The Morgan fingerprint density at radius 3 is 2.31 bits per heavy atom. The summed E-state index contributed by atoms with van der Waals surface area (Å²) in [5, 5.41) is 15.8. The van der Waals surface area contributed by atoms with Gasteiger partial charge in [-0.05, 0) is 65.4 Å². The third kappa shape index (κ3) is 10.8. The molecule has 5 rings (SSSR count). The second-order valence-electron chi connectivity index (χ2n) is 13.4. The van der Waals surface area contributed by atoms with E-state index in [1.54, 1.807) is 50.6 Å². The Bertz CT molecular complexity index is 2190. The first-order valence-electron chi connectivity index (χ1n) is 18.8. The van der Waals surface area contributed by atoms with Crippen LogP contribution >= 0.6 is 0 Å². The maximum Gasteiger partial charge on any atom is 0.329 e. The molecule has 12 heteroatoms. The number of carbonyl (C=O) groups excluding carboxylic acids is 1. The number of aliphatic carboxylic acids is 1. The van der Waals surface area contributed by atoms with Crippen LogP contribution in [0.15, 0.2) is 85.1 Å². The van der Waals surface area contributed by atoms with Gasteiger partial charge in [0.05, 0.1) is 49.5 Å². The molecule has 1 heterocycles. The van der Waals surface area contributed by atoms with Gasteiger partial charge in [0.15, 0.2) is 0 Å². The highest BCUT2D eigenvalue weighted by atomic mass is 16.5. The minimum Gasteiger partial charge on any atom is -0.497 e. The fraction of sp³-hybridized carbons (Fsp3) is 0.310. The first kappa shape index (κ1) is 35.2. The zero-order chi connectivity index (χ0) is 41.2. The van der Waals surface area contributed by atoms with Gasteiger partial charge in [0.1, 0.15) is 42.0 Å². The van der Waals surface area contributed by atoms with Crippen LogP contribution in [0.1, 0.15) is 47.3 Å². The molecule has 0 atom stereocenters. The van der Waals surface area contributed by atoms with E-state index < -0.39 is 19.0 Å². The molecule has 54 heavy (non-hydrogen) atoms. The fourth-order valence-corrected chi connectivity index (χ4v) is 5.66. The smallest absolute Gasteiger partial charge is 0.329 e. The van der Waals surface area contributed by atoms with E-state index in [1.165, 1.54) is 0 Å². The van der Waals surface area contributed by atoms with Crippen LogP contribution in [0.2, 0.25) is 0 Å². The first-order chi connectivity index (χ1) is 27.1. The van der Waals surface area contributed by atoms with Gasteiger partial charge in [-0.2, -0.15) is 0 Å². The molecule has 284 valence electrons. The molecule has 2 amide bonds. The number of amides is 2. The van der Waals surface area contributed by atoms with Crippen molar-refractivity contribution in [1.82, 2.24) is 4.98 Å². The highest BCUT2D eigenvalue weighted by molar-refractivity contribution is 6.08. The average Bonchev–Trinajstić information content (AvgIpc) is 3.14. The molecule has 1 aromatic heterocycles. The number of ether oxygens (including phenoxy) is 6. The maximum absolute atomic E-state index is 13.5. The van der Waals surface area contributed by atoms with Crippen LogP contribution in [0.5, 0.6) is 28.7 Å². The molecule has 0 bridgehead atoms. The number of rotatable bonds is 17. The summed E-state index contributed by atoms with van der Waals surface area (Å²) in [7, 11) is -1.13. The quantitative estimate of drug-likeness (QED) is 0.0795. The number of hydrogen-bond donors (Lipinski definition) is 3. The predicted octanol–water partition coefficient (Wildman–Crippen LogP) is 8.38. The summed E-state index contributed by atoms with van der Waals surface area (Å²) in [6.07, 6.45) is 2.13. The number of methoxy groups -OCH3 is 2. The van der Waals surface area contributed by atoms with Gasteiger partial charge in [0, 0.05) is 41.2 Å². The summed E-state index contributed by atoms with van der Waals surface area (Å²) in [6.45, 7) is 8.45. The van der Waals surface area contributed by atoms with Crippen LogP contribution in [0, 0.1) is 6.92 Å². The van der Waals surface area contributed by atoms with Crippen molar-refractivity contribution in [3.63, 3.8) is 0 Å². The number of carbonyl (C=O) groups is 2. The number of carboxylic acids is 1. The van der Waals surface area contributed by atoms with Crippen LogP contribution in [-0.2, 0) is 26.1 Å². The van der Waals surface area contributed by atoms with Gasteiger partial charge < -0.3 is 44.2 Å². The third-order valence-electron chi connectivity index (χ3n) is 8.29. The van der Waals surface area contributed by atoms with Crippen molar-refractivity contribution in [3.8, 4) is 28.7 Å².